The topological polar surface area (TPSA) is 21.3 Å². The Balaban J connectivity index is 2.09. The van der Waals surface area contributed by atoms with E-state index >= 15 is 0 Å². The van der Waals surface area contributed by atoms with E-state index in [4.69, 9.17) is 4.74 Å². The van der Waals surface area contributed by atoms with Crippen LogP contribution in [0.4, 0.5) is 0 Å². The SMILES string of the molecule is CCNC(c1ccc(C)s1)C1CCCCO1. The molecule has 1 fully saturated rings. The first-order valence-electron chi connectivity index (χ1n) is 6.22. The second kappa shape index (κ2) is 5.80. The third kappa shape index (κ3) is 2.84. The second-order valence-electron chi connectivity index (χ2n) is 4.39. The number of aryl methyl sites for hydroxylation is 1. The van der Waals surface area contributed by atoms with Crippen LogP contribution in [0.3, 0.4) is 0 Å². The van der Waals surface area contributed by atoms with Gasteiger partial charge in [-0.25, -0.2) is 0 Å². The second-order valence-corrected chi connectivity index (χ2v) is 5.71. The fraction of sp³-hybridized carbons (Fsp3) is 0.692. The molecule has 3 heteroatoms. The van der Waals surface area contributed by atoms with Crippen LogP contribution in [0.2, 0.25) is 0 Å². The summed E-state index contributed by atoms with van der Waals surface area (Å²) in [4.78, 5) is 2.81. The fourth-order valence-electron chi connectivity index (χ4n) is 2.28. The van der Waals surface area contributed by atoms with E-state index in [0.717, 1.165) is 13.2 Å². The maximum absolute atomic E-state index is 5.90. The van der Waals surface area contributed by atoms with Gasteiger partial charge in [-0.05, 0) is 44.9 Å². The average Bonchev–Trinajstić information content (AvgIpc) is 2.74. The summed E-state index contributed by atoms with van der Waals surface area (Å²) >= 11 is 1.89. The zero-order chi connectivity index (χ0) is 11.4. The van der Waals surface area contributed by atoms with Crippen LogP contribution in [0.1, 0.15) is 42.0 Å². The summed E-state index contributed by atoms with van der Waals surface area (Å²) in [6, 6.07) is 4.84. The van der Waals surface area contributed by atoms with Gasteiger partial charge in [-0.3, -0.25) is 0 Å². The first-order valence-corrected chi connectivity index (χ1v) is 7.04. The third-order valence-electron chi connectivity index (χ3n) is 3.08. The summed E-state index contributed by atoms with van der Waals surface area (Å²) in [5.74, 6) is 0. The van der Waals surface area contributed by atoms with E-state index in [0.29, 0.717) is 12.1 Å². The van der Waals surface area contributed by atoms with Gasteiger partial charge in [-0.15, -0.1) is 11.3 Å². The molecule has 0 amide bonds. The minimum absolute atomic E-state index is 0.367. The van der Waals surface area contributed by atoms with Gasteiger partial charge in [-0.1, -0.05) is 6.92 Å². The molecule has 90 valence electrons. The molecule has 0 aromatic carbocycles. The predicted octanol–water partition coefficient (Wildman–Crippen LogP) is 3.28. The first kappa shape index (κ1) is 12.1. The van der Waals surface area contributed by atoms with Crippen LogP contribution >= 0.6 is 11.3 Å². The van der Waals surface area contributed by atoms with Crippen LogP contribution in [-0.2, 0) is 4.74 Å². The highest BCUT2D eigenvalue weighted by Gasteiger charge is 2.26. The Morgan fingerprint density at radius 2 is 2.38 bits per heavy atom. The van der Waals surface area contributed by atoms with E-state index in [1.807, 2.05) is 11.3 Å². The van der Waals surface area contributed by atoms with Crippen molar-refractivity contribution in [1.29, 1.82) is 0 Å². The highest BCUT2D eigenvalue weighted by atomic mass is 32.1. The van der Waals surface area contributed by atoms with Crippen LogP contribution in [0.25, 0.3) is 0 Å². The molecule has 2 rings (SSSR count). The quantitative estimate of drug-likeness (QED) is 0.870. The molecule has 0 spiro atoms. The normalized spacial score (nSPS) is 23.2. The summed E-state index contributed by atoms with van der Waals surface area (Å²) in [5, 5.41) is 3.57. The molecule has 1 N–H and O–H groups in total. The zero-order valence-corrected chi connectivity index (χ0v) is 11.0. The number of thiophene rings is 1. The predicted molar refractivity (Wildman–Crippen MR) is 69.1 cm³/mol. The molecular weight excluding hydrogens is 218 g/mol. The van der Waals surface area contributed by atoms with Crippen LogP contribution in [0.15, 0.2) is 12.1 Å². The molecule has 16 heavy (non-hydrogen) atoms. The van der Waals surface area contributed by atoms with Crippen molar-refractivity contribution in [3.8, 4) is 0 Å². The maximum Gasteiger partial charge on any atom is 0.0777 e. The van der Waals surface area contributed by atoms with Crippen molar-refractivity contribution in [2.75, 3.05) is 13.2 Å². The Hall–Kier alpha value is -0.380. The Kier molecular flexibility index (Phi) is 4.38. The lowest BCUT2D eigenvalue weighted by Crippen LogP contribution is -2.35. The number of likely N-dealkylation sites (N-methyl/N-ethyl adjacent to an activating group) is 1. The number of nitrogens with one attached hydrogen (secondary N) is 1. The molecule has 0 bridgehead atoms. The molecular formula is C13H21NOS. The van der Waals surface area contributed by atoms with Crippen molar-refractivity contribution in [2.45, 2.75) is 45.3 Å². The zero-order valence-electron chi connectivity index (χ0n) is 10.2. The number of hydrogen-bond acceptors (Lipinski definition) is 3. The third-order valence-corrected chi connectivity index (χ3v) is 4.16. The van der Waals surface area contributed by atoms with E-state index in [-0.39, 0.29) is 0 Å². The van der Waals surface area contributed by atoms with Crippen molar-refractivity contribution in [3.63, 3.8) is 0 Å². The van der Waals surface area contributed by atoms with E-state index in [1.165, 1.54) is 29.0 Å². The summed E-state index contributed by atoms with van der Waals surface area (Å²) < 4.78 is 5.90. The van der Waals surface area contributed by atoms with Crippen molar-refractivity contribution in [3.05, 3.63) is 21.9 Å². The van der Waals surface area contributed by atoms with E-state index < -0.39 is 0 Å². The summed E-state index contributed by atoms with van der Waals surface area (Å²) in [6.45, 7) is 6.26. The lowest BCUT2D eigenvalue weighted by molar-refractivity contribution is -0.00712. The van der Waals surface area contributed by atoms with Gasteiger partial charge in [0.2, 0.25) is 0 Å². The van der Waals surface area contributed by atoms with Gasteiger partial charge in [0, 0.05) is 16.4 Å². The van der Waals surface area contributed by atoms with Gasteiger partial charge in [-0.2, -0.15) is 0 Å². The van der Waals surface area contributed by atoms with Crippen LogP contribution < -0.4 is 5.32 Å². The summed E-state index contributed by atoms with van der Waals surface area (Å²) in [7, 11) is 0. The van der Waals surface area contributed by atoms with Crippen molar-refractivity contribution in [1.82, 2.24) is 5.32 Å². The van der Waals surface area contributed by atoms with Gasteiger partial charge < -0.3 is 10.1 Å². The lowest BCUT2D eigenvalue weighted by Gasteiger charge is -2.30. The van der Waals surface area contributed by atoms with Crippen molar-refractivity contribution in [2.24, 2.45) is 0 Å². The summed E-state index contributed by atoms with van der Waals surface area (Å²) in [6.07, 6.45) is 4.08. The molecule has 1 aromatic rings. The van der Waals surface area contributed by atoms with Crippen LogP contribution in [-0.4, -0.2) is 19.3 Å². The largest absolute Gasteiger partial charge is 0.376 e. The monoisotopic (exact) mass is 239 g/mol. The Bertz CT molecular complexity index is 317. The molecule has 1 aliphatic rings. The molecule has 0 aliphatic carbocycles. The fourth-order valence-corrected chi connectivity index (χ4v) is 3.29. The first-order chi connectivity index (χ1) is 7.81. The molecule has 2 unspecified atom stereocenters. The molecule has 1 aromatic heterocycles. The van der Waals surface area contributed by atoms with Crippen molar-refractivity contribution < 1.29 is 4.74 Å². The highest BCUT2D eigenvalue weighted by Crippen LogP contribution is 2.30. The van der Waals surface area contributed by atoms with E-state index in [9.17, 15) is 0 Å². The molecule has 2 heterocycles. The van der Waals surface area contributed by atoms with Crippen molar-refractivity contribution >= 4 is 11.3 Å². The van der Waals surface area contributed by atoms with Gasteiger partial charge in [0.05, 0.1) is 12.1 Å². The highest BCUT2D eigenvalue weighted by molar-refractivity contribution is 7.12. The Morgan fingerprint density at radius 1 is 1.50 bits per heavy atom. The molecule has 0 radical (unpaired) electrons. The maximum atomic E-state index is 5.90. The minimum atomic E-state index is 0.367. The van der Waals surface area contributed by atoms with Crippen LogP contribution in [0.5, 0.6) is 0 Å². The minimum Gasteiger partial charge on any atom is -0.376 e. The average molecular weight is 239 g/mol. The van der Waals surface area contributed by atoms with Gasteiger partial charge in [0.25, 0.3) is 0 Å². The Labute approximate surface area is 102 Å². The molecule has 2 nitrogen and oxygen atoms in total. The van der Waals surface area contributed by atoms with E-state index in [1.54, 1.807) is 0 Å². The summed E-state index contributed by atoms with van der Waals surface area (Å²) in [5.41, 5.74) is 0. The van der Waals surface area contributed by atoms with E-state index in [2.05, 4.69) is 31.3 Å². The smallest absolute Gasteiger partial charge is 0.0777 e. The number of hydrogen-bond donors (Lipinski definition) is 1. The lowest BCUT2D eigenvalue weighted by atomic mass is 10.0. The molecule has 0 saturated carbocycles. The van der Waals surface area contributed by atoms with Gasteiger partial charge >= 0.3 is 0 Å². The van der Waals surface area contributed by atoms with Gasteiger partial charge in [0.15, 0.2) is 0 Å². The molecule has 1 saturated heterocycles. The molecule has 2 atom stereocenters. The molecule has 1 aliphatic heterocycles. The number of ether oxygens (including phenoxy) is 1. The van der Waals surface area contributed by atoms with Gasteiger partial charge in [0.1, 0.15) is 0 Å². The van der Waals surface area contributed by atoms with Crippen LogP contribution in [0, 0.1) is 6.92 Å². The Morgan fingerprint density at radius 3 is 2.94 bits per heavy atom. The standard InChI is InChI=1S/C13H21NOS/c1-3-14-13(11-6-4-5-9-15-11)12-8-7-10(2)16-12/h7-8,11,13-14H,3-6,9H2,1-2H3. The number of rotatable bonds is 4.